The molecule has 0 saturated heterocycles. The fourth-order valence-electron chi connectivity index (χ4n) is 2.20. The Morgan fingerprint density at radius 3 is 2.57 bits per heavy atom. The number of carboxylic acids is 1. The summed E-state index contributed by atoms with van der Waals surface area (Å²) in [5, 5.41) is 11.9. The zero-order valence-electron chi connectivity index (χ0n) is 11.9. The molecule has 1 fully saturated rings. The molecule has 1 aromatic rings. The molecule has 0 spiro atoms. The fourth-order valence-corrected chi connectivity index (χ4v) is 2.20. The lowest BCUT2D eigenvalue weighted by atomic mass is 10.1. The van der Waals surface area contributed by atoms with Gasteiger partial charge in [0.1, 0.15) is 6.04 Å². The summed E-state index contributed by atoms with van der Waals surface area (Å²) in [5.74, 6) is -1.03. The van der Waals surface area contributed by atoms with E-state index in [1.54, 1.807) is 11.0 Å². The number of benzene rings is 1. The topological polar surface area (TPSA) is 69.6 Å². The van der Waals surface area contributed by atoms with Crippen LogP contribution in [0.1, 0.15) is 18.4 Å². The van der Waals surface area contributed by atoms with E-state index in [4.69, 9.17) is 0 Å². The number of rotatable bonds is 7. The van der Waals surface area contributed by atoms with Crippen LogP contribution in [0.2, 0.25) is 0 Å². The van der Waals surface area contributed by atoms with Crippen LogP contribution < -0.4 is 5.32 Å². The molecule has 1 atom stereocenters. The maximum absolute atomic E-state index is 12.2. The Morgan fingerprint density at radius 1 is 1.38 bits per heavy atom. The summed E-state index contributed by atoms with van der Waals surface area (Å²) in [4.78, 5) is 25.2. The first-order valence-electron chi connectivity index (χ1n) is 7.06. The highest BCUT2D eigenvalue weighted by Crippen LogP contribution is 2.26. The monoisotopic (exact) mass is 288 g/mol. The lowest BCUT2D eigenvalue weighted by Crippen LogP contribution is -2.49. The summed E-state index contributed by atoms with van der Waals surface area (Å²) < 4.78 is 0. The average Bonchev–Trinajstić information content (AvgIpc) is 3.29. The van der Waals surface area contributed by atoms with Crippen LogP contribution >= 0.6 is 0 Å². The van der Waals surface area contributed by atoms with Crippen LogP contribution in [0, 0.1) is 0 Å². The van der Waals surface area contributed by atoms with Crippen molar-refractivity contribution in [1.82, 2.24) is 10.2 Å². The molecular formula is C16H20N2O3. The first-order chi connectivity index (χ1) is 10.1. The van der Waals surface area contributed by atoms with Gasteiger partial charge in [0.15, 0.2) is 0 Å². The number of hydrogen-bond donors (Lipinski definition) is 2. The molecule has 1 aromatic carbocycles. The highest BCUT2D eigenvalue weighted by molar-refractivity contribution is 5.83. The SMILES string of the molecule is C=CCN(C(=O)N[C@@H](Cc1ccccc1)C(=O)O)C1CC1. The number of carboxylic acid groups (broad SMARTS) is 1. The average molecular weight is 288 g/mol. The standard InChI is InChI=1S/C16H20N2O3/c1-2-10-18(13-8-9-13)16(21)17-14(15(19)20)11-12-6-4-3-5-7-12/h2-7,13-14H,1,8-11H2,(H,17,21)(H,19,20)/t14-/m0/s1. The Morgan fingerprint density at radius 2 is 2.05 bits per heavy atom. The van der Waals surface area contributed by atoms with Gasteiger partial charge in [0.25, 0.3) is 0 Å². The third-order valence-corrected chi connectivity index (χ3v) is 3.45. The molecule has 0 aromatic heterocycles. The molecule has 5 heteroatoms. The highest BCUT2D eigenvalue weighted by atomic mass is 16.4. The third kappa shape index (κ3) is 4.34. The summed E-state index contributed by atoms with van der Waals surface area (Å²) in [7, 11) is 0. The predicted molar refractivity (Wildman–Crippen MR) is 80.0 cm³/mol. The van der Waals surface area contributed by atoms with Crippen molar-refractivity contribution in [3.8, 4) is 0 Å². The molecular weight excluding hydrogens is 268 g/mol. The highest BCUT2D eigenvalue weighted by Gasteiger charge is 2.33. The minimum absolute atomic E-state index is 0.217. The summed E-state index contributed by atoms with van der Waals surface area (Å²) in [6.07, 6.45) is 3.87. The second-order valence-corrected chi connectivity index (χ2v) is 5.20. The molecule has 2 N–H and O–H groups in total. The van der Waals surface area contributed by atoms with Crippen molar-refractivity contribution in [3.63, 3.8) is 0 Å². The van der Waals surface area contributed by atoms with Gasteiger partial charge in [-0.15, -0.1) is 6.58 Å². The van der Waals surface area contributed by atoms with Crippen molar-refractivity contribution in [1.29, 1.82) is 0 Å². The van der Waals surface area contributed by atoms with Gasteiger partial charge in [0, 0.05) is 19.0 Å². The molecule has 0 bridgehead atoms. The van der Waals surface area contributed by atoms with E-state index in [0.717, 1.165) is 18.4 Å². The molecule has 2 rings (SSSR count). The number of carbonyl (C=O) groups excluding carboxylic acids is 1. The molecule has 21 heavy (non-hydrogen) atoms. The molecule has 0 radical (unpaired) electrons. The van der Waals surface area contributed by atoms with Crippen LogP contribution in [-0.4, -0.2) is 40.6 Å². The molecule has 2 amide bonds. The maximum atomic E-state index is 12.2. The molecule has 5 nitrogen and oxygen atoms in total. The Labute approximate surface area is 124 Å². The van der Waals surface area contributed by atoms with Crippen LogP contribution in [0.3, 0.4) is 0 Å². The van der Waals surface area contributed by atoms with E-state index in [0.29, 0.717) is 6.54 Å². The lowest BCUT2D eigenvalue weighted by molar-refractivity contribution is -0.139. The van der Waals surface area contributed by atoms with Gasteiger partial charge in [-0.25, -0.2) is 9.59 Å². The van der Waals surface area contributed by atoms with E-state index in [1.165, 1.54) is 0 Å². The van der Waals surface area contributed by atoms with Crippen molar-refractivity contribution in [2.75, 3.05) is 6.54 Å². The smallest absolute Gasteiger partial charge is 0.326 e. The lowest BCUT2D eigenvalue weighted by Gasteiger charge is -2.24. The molecule has 1 saturated carbocycles. The van der Waals surface area contributed by atoms with E-state index in [9.17, 15) is 14.7 Å². The van der Waals surface area contributed by atoms with Gasteiger partial charge in [0.2, 0.25) is 0 Å². The maximum Gasteiger partial charge on any atom is 0.326 e. The first-order valence-corrected chi connectivity index (χ1v) is 7.06. The Bertz CT molecular complexity index is 512. The molecule has 0 aliphatic heterocycles. The molecule has 1 aliphatic rings. The van der Waals surface area contributed by atoms with Crippen molar-refractivity contribution >= 4 is 12.0 Å². The van der Waals surface area contributed by atoms with Crippen LogP contribution in [0.15, 0.2) is 43.0 Å². The Hall–Kier alpha value is -2.30. The van der Waals surface area contributed by atoms with Gasteiger partial charge in [-0.3, -0.25) is 0 Å². The minimum atomic E-state index is -1.03. The summed E-state index contributed by atoms with van der Waals surface area (Å²) in [6, 6.07) is 8.24. The van der Waals surface area contributed by atoms with E-state index < -0.39 is 12.0 Å². The fraction of sp³-hybridized carbons (Fsp3) is 0.375. The number of aliphatic carboxylic acids is 1. The molecule has 0 unspecified atom stereocenters. The van der Waals surface area contributed by atoms with Crippen LogP contribution in [-0.2, 0) is 11.2 Å². The quantitative estimate of drug-likeness (QED) is 0.754. The second-order valence-electron chi connectivity index (χ2n) is 5.20. The summed E-state index contributed by atoms with van der Waals surface area (Å²) >= 11 is 0. The Kier molecular flexibility index (Phi) is 4.98. The number of nitrogens with one attached hydrogen (secondary N) is 1. The Balaban J connectivity index is 2.00. The minimum Gasteiger partial charge on any atom is -0.480 e. The zero-order chi connectivity index (χ0) is 15.2. The van der Waals surface area contributed by atoms with Crippen molar-refractivity contribution < 1.29 is 14.7 Å². The molecule has 0 heterocycles. The van der Waals surface area contributed by atoms with Gasteiger partial charge >= 0.3 is 12.0 Å². The molecule has 1 aliphatic carbocycles. The van der Waals surface area contributed by atoms with Gasteiger partial charge in [-0.2, -0.15) is 0 Å². The second kappa shape index (κ2) is 6.92. The van der Waals surface area contributed by atoms with Gasteiger partial charge in [-0.05, 0) is 18.4 Å². The van der Waals surface area contributed by atoms with Crippen LogP contribution in [0.4, 0.5) is 4.79 Å². The largest absolute Gasteiger partial charge is 0.480 e. The van der Waals surface area contributed by atoms with Crippen LogP contribution in [0.5, 0.6) is 0 Å². The van der Waals surface area contributed by atoms with E-state index in [-0.39, 0.29) is 18.5 Å². The van der Waals surface area contributed by atoms with E-state index in [1.807, 2.05) is 30.3 Å². The third-order valence-electron chi connectivity index (χ3n) is 3.45. The summed E-state index contributed by atoms with van der Waals surface area (Å²) in [6.45, 7) is 4.08. The normalized spacial score (nSPS) is 15.0. The first kappa shape index (κ1) is 15.1. The van der Waals surface area contributed by atoms with Gasteiger partial charge in [0.05, 0.1) is 0 Å². The van der Waals surface area contributed by atoms with Crippen molar-refractivity contribution in [2.24, 2.45) is 0 Å². The van der Waals surface area contributed by atoms with Crippen molar-refractivity contribution in [3.05, 3.63) is 48.6 Å². The number of amides is 2. The van der Waals surface area contributed by atoms with Gasteiger partial charge in [-0.1, -0.05) is 36.4 Å². The number of carbonyl (C=O) groups is 2. The van der Waals surface area contributed by atoms with Crippen molar-refractivity contribution in [2.45, 2.75) is 31.3 Å². The van der Waals surface area contributed by atoms with Gasteiger partial charge < -0.3 is 15.3 Å². The van der Waals surface area contributed by atoms with Crippen LogP contribution in [0.25, 0.3) is 0 Å². The van der Waals surface area contributed by atoms with E-state index >= 15 is 0 Å². The summed E-state index contributed by atoms with van der Waals surface area (Å²) in [5.41, 5.74) is 0.881. The zero-order valence-corrected chi connectivity index (χ0v) is 11.9. The molecule has 112 valence electrons. The number of nitrogens with zero attached hydrogens (tertiary/aromatic N) is 1. The number of urea groups is 1. The van der Waals surface area contributed by atoms with E-state index in [2.05, 4.69) is 11.9 Å². The predicted octanol–water partition coefficient (Wildman–Crippen LogP) is 2.04. The number of hydrogen-bond acceptors (Lipinski definition) is 2.